The highest BCUT2D eigenvalue weighted by atomic mass is 28.3. The third-order valence-corrected chi connectivity index (χ3v) is 3.36. The second kappa shape index (κ2) is 5.85. The van der Waals surface area contributed by atoms with Crippen LogP contribution in [0.25, 0.3) is 0 Å². The van der Waals surface area contributed by atoms with E-state index in [1.54, 1.807) is 12.1 Å². The highest BCUT2D eigenvalue weighted by molar-refractivity contribution is 6.79. The molecule has 0 fully saturated rings. The van der Waals surface area contributed by atoms with Gasteiger partial charge in [-0.1, -0.05) is 17.7 Å². The summed E-state index contributed by atoms with van der Waals surface area (Å²) in [5.41, 5.74) is 8.52. The van der Waals surface area contributed by atoms with Crippen LogP contribution in [0.1, 0.15) is 12.5 Å². The van der Waals surface area contributed by atoms with Crippen LogP contribution < -0.4 is 0 Å². The first-order chi connectivity index (χ1) is 7.26. The van der Waals surface area contributed by atoms with Crippen molar-refractivity contribution in [3.05, 3.63) is 47.4 Å². The Hall–Kier alpha value is -1.77. The van der Waals surface area contributed by atoms with E-state index in [1.165, 1.54) is 12.1 Å². The van der Waals surface area contributed by atoms with Crippen LogP contribution in [-0.4, -0.2) is 8.80 Å². The SMILES string of the molecule is C#C[SiH](C#Cc1ccc(F)cc1)C=CC. The predicted molar refractivity (Wildman–Crippen MR) is 64.1 cm³/mol. The smallest absolute Gasteiger partial charge is 0.207 e. The average molecular weight is 214 g/mol. The third-order valence-electron chi connectivity index (χ3n) is 1.78. The molecule has 1 unspecified atom stereocenters. The fraction of sp³-hybridized carbons (Fsp3) is 0.0769. The number of hydrogen-bond acceptors (Lipinski definition) is 0. The van der Waals surface area contributed by atoms with E-state index in [0.29, 0.717) is 0 Å². The van der Waals surface area contributed by atoms with Gasteiger partial charge in [0.15, 0.2) is 0 Å². The van der Waals surface area contributed by atoms with Gasteiger partial charge in [-0.2, -0.15) is 0 Å². The number of hydrogen-bond donors (Lipinski definition) is 0. The van der Waals surface area contributed by atoms with Gasteiger partial charge in [0.25, 0.3) is 0 Å². The molecule has 0 nitrogen and oxygen atoms in total. The van der Waals surface area contributed by atoms with Gasteiger partial charge in [-0.05, 0) is 31.2 Å². The van der Waals surface area contributed by atoms with Crippen LogP contribution in [-0.2, 0) is 0 Å². The summed E-state index contributed by atoms with van der Waals surface area (Å²) in [4.78, 5) is 0. The second-order valence-electron chi connectivity index (χ2n) is 2.95. The average Bonchev–Trinajstić information content (AvgIpc) is 2.26. The van der Waals surface area contributed by atoms with Crippen molar-refractivity contribution in [3.63, 3.8) is 0 Å². The first kappa shape index (κ1) is 11.3. The summed E-state index contributed by atoms with van der Waals surface area (Å²) < 4.78 is 12.6. The standard InChI is InChI=1S/C13H11FSi/c1-3-10-15(4-2)11-9-12-5-7-13(14)8-6-12/h2-3,5-8,10,15H,1H3. The molecule has 1 rings (SSSR count). The van der Waals surface area contributed by atoms with E-state index in [4.69, 9.17) is 6.42 Å². The van der Waals surface area contributed by atoms with E-state index in [9.17, 15) is 4.39 Å². The number of terminal acetylenes is 1. The van der Waals surface area contributed by atoms with Gasteiger partial charge in [-0.3, -0.25) is 0 Å². The molecule has 0 amide bonds. The zero-order chi connectivity index (χ0) is 11.1. The molecule has 15 heavy (non-hydrogen) atoms. The molecule has 0 heterocycles. The van der Waals surface area contributed by atoms with Crippen LogP contribution in [0.4, 0.5) is 4.39 Å². The molecule has 0 radical (unpaired) electrons. The molecule has 2 heteroatoms. The molecule has 74 valence electrons. The summed E-state index contributed by atoms with van der Waals surface area (Å²) >= 11 is 0. The van der Waals surface area contributed by atoms with Crippen molar-refractivity contribution in [1.29, 1.82) is 0 Å². The van der Waals surface area contributed by atoms with Crippen LogP contribution >= 0.6 is 0 Å². The Balaban J connectivity index is 2.81. The Morgan fingerprint density at radius 2 is 2.00 bits per heavy atom. The molecule has 0 saturated heterocycles. The van der Waals surface area contributed by atoms with Gasteiger partial charge in [0.2, 0.25) is 8.80 Å². The topological polar surface area (TPSA) is 0 Å². The minimum absolute atomic E-state index is 0.250. The first-order valence-corrected chi connectivity index (χ1v) is 6.44. The summed E-state index contributed by atoms with van der Waals surface area (Å²) in [6.07, 6.45) is 7.27. The highest BCUT2D eigenvalue weighted by Gasteiger charge is 1.95. The zero-order valence-corrected chi connectivity index (χ0v) is 9.65. The van der Waals surface area contributed by atoms with Crippen LogP contribution in [0.15, 0.2) is 36.0 Å². The Kier molecular flexibility index (Phi) is 4.41. The maximum Gasteiger partial charge on any atom is 0.224 e. The number of allylic oxidation sites excluding steroid dienone is 1. The maximum absolute atomic E-state index is 12.6. The summed E-state index contributed by atoms with van der Waals surface area (Å²) in [7, 11) is -1.50. The van der Waals surface area contributed by atoms with Gasteiger partial charge in [0.05, 0.1) is 0 Å². The molecule has 0 spiro atoms. The van der Waals surface area contributed by atoms with Crippen molar-refractivity contribution in [2.75, 3.05) is 0 Å². The molecule has 0 aliphatic carbocycles. The van der Waals surface area contributed by atoms with Crippen molar-refractivity contribution in [2.24, 2.45) is 0 Å². The van der Waals surface area contributed by atoms with E-state index in [0.717, 1.165) is 5.56 Å². The van der Waals surface area contributed by atoms with Crippen LogP contribution in [0.2, 0.25) is 0 Å². The monoisotopic (exact) mass is 214 g/mol. The number of halogens is 1. The van der Waals surface area contributed by atoms with Crippen molar-refractivity contribution in [3.8, 4) is 23.4 Å². The third kappa shape index (κ3) is 3.85. The van der Waals surface area contributed by atoms with E-state index < -0.39 is 8.80 Å². The van der Waals surface area contributed by atoms with Gasteiger partial charge in [0, 0.05) is 5.56 Å². The molecule has 0 saturated carbocycles. The molecule has 0 aromatic heterocycles. The minimum atomic E-state index is -1.50. The van der Waals surface area contributed by atoms with E-state index in [-0.39, 0.29) is 5.82 Å². The Bertz CT molecular complexity index is 440. The van der Waals surface area contributed by atoms with Crippen molar-refractivity contribution >= 4 is 8.80 Å². The van der Waals surface area contributed by atoms with Crippen LogP contribution in [0.5, 0.6) is 0 Å². The molecule has 0 N–H and O–H groups in total. The van der Waals surface area contributed by atoms with E-state index >= 15 is 0 Å². The van der Waals surface area contributed by atoms with Gasteiger partial charge in [-0.25, -0.2) is 4.39 Å². The largest absolute Gasteiger partial charge is 0.224 e. The number of benzene rings is 1. The summed E-state index contributed by atoms with van der Waals surface area (Å²) in [5, 5.41) is 0. The molecule has 1 atom stereocenters. The molecule has 1 aromatic carbocycles. The lowest BCUT2D eigenvalue weighted by Crippen LogP contribution is -2.02. The van der Waals surface area contributed by atoms with Crippen molar-refractivity contribution in [1.82, 2.24) is 0 Å². The van der Waals surface area contributed by atoms with Gasteiger partial charge >= 0.3 is 0 Å². The Morgan fingerprint density at radius 1 is 1.33 bits per heavy atom. The number of rotatable bonds is 1. The Labute approximate surface area is 91.4 Å². The van der Waals surface area contributed by atoms with Crippen LogP contribution in [0.3, 0.4) is 0 Å². The highest BCUT2D eigenvalue weighted by Crippen LogP contribution is 2.00. The van der Waals surface area contributed by atoms with Crippen molar-refractivity contribution < 1.29 is 4.39 Å². The zero-order valence-electron chi connectivity index (χ0n) is 8.50. The van der Waals surface area contributed by atoms with E-state index in [2.05, 4.69) is 17.0 Å². The lowest BCUT2D eigenvalue weighted by atomic mass is 10.2. The quantitative estimate of drug-likeness (QED) is 0.497. The molecule has 0 aliphatic heterocycles. The fourth-order valence-corrected chi connectivity index (χ4v) is 2.03. The van der Waals surface area contributed by atoms with Gasteiger partial charge in [0.1, 0.15) is 5.82 Å². The minimum Gasteiger partial charge on any atom is -0.207 e. The summed E-state index contributed by atoms with van der Waals surface area (Å²) in [5.74, 6) is 2.71. The van der Waals surface area contributed by atoms with Gasteiger partial charge < -0.3 is 0 Å². The molecule has 1 aromatic rings. The molecular formula is C13H11FSi. The summed E-state index contributed by atoms with van der Waals surface area (Å²) in [6, 6.07) is 6.10. The predicted octanol–water partition coefficient (Wildman–Crippen LogP) is 2.23. The maximum atomic E-state index is 12.6. The first-order valence-electron chi connectivity index (χ1n) is 4.62. The molecule has 0 aliphatic rings. The van der Waals surface area contributed by atoms with E-state index in [1.807, 2.05) is 18.7 Å². The molecular weight excluding hydrogens is 203 g/mol. The summed E-state index contributed by atoms with van der Waals surface area (Å²) in [6.45, 7) is 1.93. The van der Waals surface area contributed by atoms with Gasteiger partial charge in [-0.15, -0.1) is 17.5 Å². The molecule has 0 bridgehead atoms. The fourth-order valence-electron chi connectivity index (χ4n) is 1.03. The lowest BCUT2D eigenvalue weighted by molar-refractivity contribution is 0.627. The Morgan fingerprint density at radius 3 is 2.53 bits per heavy atom. The second-order valence-corrected chi connectivity index (χ2v) is 4.91. The lowest BCUT2D eigenvalue weighted by Gasteiger charge is -1.91. The van der Waals surface area contributed by atoms with Crippen molar-refractivity contribution in [2.45, 2.75) is 6.92 Å². The normalized spacial score (nSPS) is 11.5. The van der Waals surface area contributed by atoms with Crippen LogP contribution in [0, 0.1) is 29.2 Å².